The van der Waals surface area contributed by atoms with Crippen molar-refractivity contribution in [2.75, 3.05) is 46.2 Å². The van der Waals surface area contributed by atoms with Gasteiger partial charge in [-0.1, -0.05) is 24.3 Å². The van der Waals surface area contributed by atoms with Crippen LogP contribution in [0, 0.1) is 0 Å². The predicted octanol–water partition coefficient (Wildman–Crippen LogP) is -2.32. The summed E-state index contributed by atoms with van der Waals surface area (Å²) in [6.45, 7) is -1.31. The van der Waals surface area contributed by atoms with E-state index in [4.69, 9.17) is 14.2 Å². The molecule has 0 saturated carbocycles. The van der Waals surface area contributed by atoms with E-state index in [1.54, 1.807) is 4.68 Å². The van der Waals surface area contributed by atoms with E-state index in [-0.39, 0.29) is 25.6 Å². The van der Waals surface area contributed by atoms with Crippen LogP contribution < -0.4 is 14.8 Å². The first-order valence-electron chi connectivity index (χ1n) is 14.2. The van der Waals surface area contributed by atoms with Crippen LogP contribution in [0.15, 0.2) is 42.5 Å². The zero-order valence-electron chi connectivity index (χ0n) is 23.7. The van der Waals surface area contributed by atoms with Gasteiger partial charge in [-0.2, -0.15) is 0 Å². The van der Waals surface area contributed by atoms with Crippen LogP contribution in [-0.4, -0.2) is 133 Å². The van der Waals surface area contributed by atoms with E-state index in [9.17, 15) is 40.9 Å². The fourth-order valence-corrected chi connectivity index (χ4v) is 4.97. The number of benzene rings is 2. The Hall–Kier alpha value is -2.89. The van der Waals surface area contributed by atoms with E-state index >= 15 is 0 Å². The molecule has 0 amide bonds. The maximum Gasteiger partial charge on any atom is 0.243 e. The average molecular weight is 608 g/mol. The normalized spacial score (nSPS) is 22.7. The van der Waals surface area contributed by atoms with Crippen molar-refractivity contribution in [2.24, 2.45) is 0 Å². The standard InChI is InChI=1S/C29H41N3O11/c33-11-10-32-21-6-2-4-19(23(21)27(31-32)43-28-26(40)25(39)24(38)22(14-34)42-28)8-7-18-3-1-5-20(13-18)41-12-9-30-29(15-35,16-36)17-37/h1-6,13,22,24-26,28,30,33-40H,7-12,14-17H2/t22-,24-,25+,26-,28+/m1/s1. The maximum atomic E-state index is 10.5. The topological polar surface area (TPSA) is 219 Å². The molecule has 4 rings (SSSR count). The second kappa shape index (κ2) is 15.2. The van der Waals surface area contributed by atoms with Crippen molar-refractivity contribution in [1.29, 1.82) is 0 Å². The molecule has 0 unspecified atom stereocenters. The highest BCUT2D eigenvalue weighted by Crippen LogP contribution is 2.33. The van der Waals surface area contributed by atoms with Gasteiger partial charge in [0.05, 0.1) is 56.0 Å². The molecule has 9 N–H and O–H groups in total. The first-order chi connectivity index (χ1) is 20.8. The van der Waals surface area contributed by atoms with Crippen molar-refractivity contribution in [3.63, 3.8) is 0 Å². The Labute approximate surface area is 248 Å². The SMILES string of the molecule is OCCn1nc(O[C@@H]2O[C@H](CO)[C@@H](O)[C@H](O)[C@H]2O)c2c(CCc3cccc(OCCNC(CO)(CO)CO)c3)cccc21. The Morgan fingerprint density at radius 2 is 1.65 bits per heavy atom. The van der Waals surface area contributed by atoms with Gasteiger partial charge in [0, 0.05) is 6.54 Å². The number of aromatic nitrogens is 2. The number of nitrogens with one attached hydrogen (secondary N) is 1. The van der Waals surface area contributed by atoms with Crippen molar-refractivity contribution < 1.29 is 55.1 Å². The number of nitrogens with zero attached hydrogens (tertiary/aromatic N) is 2. The molecule has 2 heterocycles. The summed E-state index contributed by atoms with van der Waals surface area (Å²) >= 11 is 0. The van der Waals surface area contributed by atoms with E-state index in [2.05, 4.69) is 10.4 Å². The number of rotatable bonds is 16. The molecule has 1 aliphatic heterocycles. The minimum Gasteiger partial charge on any atom is -0.492 e. The van der Waals surface area contributed by atoms with Gasteiger partial charge in [-0.3, -0.25) is 4.68 Å². The van der Waals surface area contributed by atoms with E-state index in [1.165, 1.54) is 0 Å². The second-order valence-corrected chi connectivity index (χ2v) is 10.6. The van der Waals surface area contributed by atoms with Crippen molar-refractivity contribution in [1.82, 2.24) is 15.1 Å². The number of aryl methyl sites for hydroxylation is 2. The monoisotopic (exact) mass is 607 g/mol. The molecule has 14 nitrogen and oxygen atoms in total. The molecule has 43 heavy (non-hydrogen) atoms. The summed E-state index contributed by atoms with van der Waals surface area (Å²) in [5, 5.41) is 86.3. The molecular weight excluding hydrogens is 566 g/mol. The van der Waals surface area contributed by atoms with Crippen molar-refractivity contribution in [3.05, 3.63) is 53.6 Å². The highest BCUT2D eigenvalue weighted by atomic mass is 16.7. The van der Waals surface area contributed by atoms with Gasteiger partial charge in [-0.05, 0) is 42.2 Å². The van der Waals surface area contributed by atoms with E-state index in [0.29, 0.717) is 36.0 Å². The molecule has 0 spiro atoms. The Morgan fingerprint density at radius 3 is 2.35 bits per heavy atom. The second-order valence-electron chi connectivity index (χ2n) is 10.6. The molecule has 14 heteroatoms. The molecule has 0 aliphatic carbocycles. The minimum atomic E-state index is -1.60. The Kier molecular flexibility index (Phi) is 11.7. The molecule has 1 saturated heterocycles. The van der Waals surface area contributed by atoms with Crippen molar-refractivity contribution in [2.45, 2.75) is 55.6 Å². The first-order valence-corrected chi connectivity index (χ1v) is 14.2. The van der Waals surface area contributed by atoms with Gasteiger partial charge in [0.15, 0.2) is 0 Å². The third-order valence-electron chi connectivity index (χ3n) is 7.58. The van der Waals surface area contributed by atoms with Crippen LogP contribution in [0.25, 0.3) is 10.9 Å². The van der Waals surface area contributed by atoms with Crippen LogP contribution in [0.5, 0.6) is 11.6 Å². The summed E-state index contributed by atoms with van der Waals surface area (Å²) in [6.07, 6.45) is -6.11. The lowest BCUT2D eigenvalue weighted by molar-refractivity contribution is -0.278. The maximum absolute atomic E-state index is 10.5. The van der Waals surface area contributed by atoms with Gasteiger partial charge in [0.25, 0.3) is 0 Å². The van der Waals surface area contributed by atoms with Crippen LogP contribution in [0.4, 0.5) is 0 Å². The fourth-order valence-electron chi connectivity index (χ4n) is 4.97. The quantitative estimate of drug-likeness (QED) is 0.0782. The molecule has 2 aromatic carbocycles. The molecular formula is C29H41N3O11. The zero-order chi connectivity index (χ0) is 31.0. The summed E-state index contributed by atoms with van der Waals surface area (Å²) < 4.78 is 18.8. The third kappa shape index (κ3) is 7.61. The molecule has 0 bridgehead atoms. The summed E-state index contributed by atoms with van der Waals surface area (Å²) in [5.41, 5.74) is 1.35. The molecule has 3 aromatic rings. The average Bonchev–Trinajstić information content (AvgIpc) is 3.38. The molecule has 1 fully saturated rings. The van der Waals surface area contributed by atoms with Gasteiger partial charge < -0.3 is 60.4 Å². The fraction of sp³-hybridized carbons (Fsp3) is 0.552. The van der Waals surface area contributed by atoms with Gasteiger partial charge in [0.1, 0.15) is 36.8 Å². The highest BCUT2D eigenvalue weighted by molar-refractivity contribution is 5.88. The van der Waals surface area contributed by atoms with Crippen molar-refractivity contribution >= 4 is 10.9 Å². The summed E-state index contributed by atoms with van der Waals surface area (Å²) in [4.78, 5) is 0. The van der Waals surface area contributed by atoms with Gasteiger partial charge in [-0.25, -0.2) is 0 Å². The zero-order valence-corrected chi connectivity index (χ0v) is 23.7. The third-order valence-corrected chi connectivity index (χ3v) is 7.58. The predicted molar refractivity (Wildman–Crippen MR) is 153 cm³/mol. The van der Waals surface area contributed by atoms with Crippen LogP contribution in [-0.2, 0) is 24.1 Å². The number of hydrogen-bond acceptors (Lipinski definition) is 13. The molecule has 1 aromatic heterocycles. The van der Waals surface area contributed by atoms with E-state index in [1.807, 2.05) is 42.5 Å². The summed E-state index contributed by atoms with van der Waals surface area (Å²) in [7, 11) is 0. The van der Waals surface area contributed by atoms with Gasteiger partial charge in [-0.15, -0.1) is 5.10 Å². The Balaban J connectivity index is 1.48. The summed E-state index contributed by atoms with van der Waals surface area (Å²) in [5.74, 6) is 0.736. The number of ether oxygens (including phenoxy) is 3. The lowest BCUT2D eigenvalue weighted by Crippen LogP contribution is -2.60. The summed E-state index contributed by atoms with van der Waals surface area (Å²) in [6, 6.07) is 13.1. The van der Waals surface area contributed by atoms with E-state index in [0.717, 1.165) is 11.1 Å². The van der Waals surface area contributed by atoms with Gasteiger partial charge >= 0.3 is 0 Å². The smallest absolute Gasteiger partial charge is 0.243 e. The highest BCUT2D eigenvalue weighted by Gasteiger charge is 2.45. The Bertz CT molecular complexity index is 1290. The number of aliphatic hydroxyl groups is 8. The molecule has 238 valence electrons. The van der Waals surface area contributed by atoms with E-state index < -0.39 is 62.7 Å². The van der Waals surface area contributed by atoms with Gasteiger partial charge in [0.2, 0.25) is 12.2 Å². The molecule has 0 radical (unpaired) electrons. The Morgan fingerprint density at radius 1 is 0.907 bits per heavy atom. The first kappa shape index (κ1) is 33.0. The number of aliphatic hydroxyl groups excluding tert-OH is 8. The van der Waals surface area contributed by atoms with Crippen LogP contribution in [0.1, 0.15) is 11.1 Å². The minimum absolute atomic E-state index is 0.109. The van der Waals surface area contributed by atoms with Crippen LogP contribution in [0.2, 0.25) is 0 Å². The lowest BCUT2D eigenvalue weighted by atomic mass is 9.99. The van der Waals surface area contributed by atoms with Crippen molar-refractivity contribution in [3.8, 4) is 11.6 Å². The number of fused-ring (bicyclic) bond motifs is 1. The molecule has 1 aliphatic rings. The van der Waals surface area contributed by atoms with Crippen LogP contribution in [0.3, 0.4) is 0 Å². The largest absolute Gasteiger partial charge is 0.492 e. The molecule has 5 atom stereocenters. The van der Waals surface area contributed by atoms with Crippen LogP contribution >= 0.6 is 0 Å². The number of hydrogen-bond donors (Lipinski definition) is 9. The lowest BCUT2D eigenvalue weighted by Gasteiger charge is -2.39.